The second-order valence-electron chi connectivity index (χ2n) is 3.10. The molecule has 2 heterocycles. The molecule has 0 atom stereocenters. The molecule has 0 fully saturated rings. The molecule has 0 radical (unpaired) electrons. The van der Waals surface area contributed by atoms with Gasteiger partial charge in [0, 0.05) is 6.20 Å². The van der Waals surface area contributed by atoms with E-state index in [2.05, 4.69) is 15.2 Å². The first-order valence-corrected chi connectivity index (χ1v) is 5.98. The molecule has 0 saturated carbocycles. The van der Waals surface area contributed by atoms with E-state index >= 15 is 0 Å². The molecule has 78 valence electrons. The number of aromatic nitrogens is 3. The summed E-state index contributed by atoms with van der Waals surface area (Å²) < 4.78 is 0.871. The van der Waals surface area contributed by atoms with Gasteiger partial charge in [-0.05, 0) is 37.2 Å². The summed E-state index contributed by atoms with van der Waals surface area (Å²) in [7, 11) is 0. The van der Waals surface area contributed by atoms with E-state index in [1.165, 1.54) is 11.8 Å². The Hall–Kier alpha value is -1.14. The van der Waals surface area contributed by atoms with Crippen LogP contribution in [0, 0.1) is 13.8 Å². The van der Waals surface area contributed by atoms with Crippen molar-refractivity contribution in [3.05, 3.63) is 22.8 Å². The van der Waals surface area contributed by atoms with Crippen LogP contribution in [0.3, 0.4) is 0 Å². The molecular weight excluding hydrogens is 228 g/mol. The van der Waals surface area contributed by atoms with E-state index < -0.39 is 0 Å². The fourth-order valence-corrected chi connectivity index (χ4v) is 2.78. The van der Waals surface area contributed by atoms with E-state index in [9.17, 15) is 0 Å². The van der Waals surface area contributed by atoms with Crippen molar-refractivity contribution in [2.24, 2.45) is 0 Å². The summed E-state index contributed by atoms with van der Waals surface area (Å²) in [6.45, 7) is 3.89. The van der Waals surface area contributed by atoms with Gasteiger partial charge in [-0.15, -0.1) is 10.2 Å². The molecule has 2 rings (SSSR count). The van der Waals surface area contributed by atoms with Crippen molar-refractivity contribution in [1.29, 1.82) is 0 Å². The lowest BCUT2D eigenvalue weighted by molar-refractivity contribution is 0.980. The molecule has 6 heteroatoms. The molecule has 15 heavy (non-hydrogen) atoms. The Morgan fingerprint density at radius 2 is 2.13 bits per heavy atom. The molecule has 4 nitrogen and oxygen atoms in total. The van der Waals surface area contributed by atoms with Crippen molar-refractivity contribution >= 4 is 28.8 Å². The van der Waals surface area contributed by atoms with Crippen molar-refractivity contribution in [1.82, 2.24) is 15.2 Å². The van der Waals surface area contributed by atoms with E-state index in [0.29, 0.717) is 5.69 Å². The minimum atomic E-state index is 0.688. The first kappa shape index (κ1) is 10.4. The fraction of sp³-hybridized carbons (Fsp3) is 0.222. The maximum atomic E-state index is 5.85. The first-order chi connectivity index (χ1) is 7.15. The quantitative estimate of drug-likeness (QED) is 0.869. The maximum absolute atomic E-state index is 5.85. The number of nitrogens with zero attached hydrogens (tertiary/aromatic N) is 3. The molecule has 2 aromatic heterocycles. The van der Waals surface area contributed by atoms with Gasteiger partial charge in [0.15, 0.2) is 4.34 Å². The van der Waals surface area contributed by atoms with Crippen molar-refractivity contribution in [2.75, 3.05) is 5.73 Å². The largest absolute Gasteiger partial charge is 0.397 e. The van der Waals surface area contributed by atoms with Crippen LogP contribution in [0.2, 0.25) is 0 Å². The number of nitrogen functional groups attached to an aromatic ring is 1. The Kier molecular flexibility index (Phi) is 2.88. The zero-order chi connectivity index (χ0) is 10.8. The topological polar surface area (TPSA) is 64.7 Å². The molecule has 0 aliphatic rings. The summed E-state index contributed by atoms with van der Waals surface area (Å²) >= 11 is 2.99. The van der Waals surface area contributed by atoms with Crippen molar-refractivity contribution < 1.29 is 0 Å². The average molecular weight is 238 g/mol. The molecule has 0 aliphatic carbocycles. The zero-order valence-electron chi connectivity index (χ0n) is 8.39. The van der Waals surface area contributed by atoms with E-state index in [4.69, 9.17) is 5.73 Å². The molecule has 2 aromatic rings. The highest BCUT2D eigenvalue weighted by Crippen LogP contribution is 2.32. The van der Waals surface area contributed by atoms with Gasteiger partial charge < -0.3 is 5.73 Å². The number of nitrogens with two attached hydrogens (primary N) is 1. The molecule has 2 N–H and O–H groups in total. The third-order valence-corrected chi connectivity index (χ3v) is 3.63. The molecular formula is C9H10N4S2. The SMILES string of the molecule is Cc1cnc(Sc2nnc(C)s2)c(N)c1. The minimum absolute atomic E-state index is 0.688. The number of rotatable bonds is 2. The first-order valence-electron chi connectivity index (χ1n) is 4.35. The van der Waals surface area contributed by atoms with Crippen LogP contribution in [0.4, 0.5) is 5.69 Å². The Morgan fingerprint density at radius 3 is 2.73 bits per heavy atom. The lowest BCUT2D eigenvalue weighted by Crippen LogP contribution is -1.92. The van der Waals surface area contributed by atoms with Gasteiger partial charge in [0.25, 0.3) is 0 Å². The summed E-state index contributed by atoms with van der Waals surface area (Å²) in [5.74, 6) is 0. The smallest absolute Gasteiger partial charge is 0.180 e. The Labute approximate surface area is 95.9 Å². The van der Waals surface area contributed by atoms with Crippen molar-refractivity contribution in [3.63, 3.8) is 0 Å². The second kappa shape index (κ2) is 4.16. The summed E-state index contributed by atoms with van der Waals surface area (Å²) in [6.07, 6.45) is 1.80. The number of pyridine rings is 1. The Balaban J connectivity index is 2.24. The highest BCUT2D eigenvalue weighted by molar-refractivity contribution is 8.01. The number of aryl methyl sites for hydroxylation is 2. The molecule has 0 bridgehead atoms. The maximum Gasteiger partial charge on any atom is 0.180 e. The van der Waals surface area contributed by atoms with Gasteiger partial charge in [-0.3, -0.25) is 0 Å². The highest BCUT2D eigenvalue weighted by Gasteiger charge is 2.07. The predicted octanol–water partition coefficient (Wildman–Crippen LogP) is 2.28. The third-order valence-electron chi connectivity index (χ3n) is 1.71. The van der Waals surface area contributed by atoms with Crippen LogP contribution in [0.25, 0.3) is 0 Å². The molecule has 0 aromatic carbocycles. The predicted molar refractivity (Wildman–Crippen MR) is 62.2 cm³/mol. The molecule has 0 spiro atoms. The highest BCUT2D eigenvalue weighted by atomic mass is 32.2. The third kappa shape index (κ3) is 2.45. The van der Waals surface area contributed by atoms with Crippen LogP contribution < -0.4 is 5.73 Å². The van der Waals surface area contributed by atoms with Crippen LogP contribution in [0.15, 0.2) is 21.6 Å². The van der Waals surface area contributed by atoms with E-state index in [0.717, 1.165) is 19.9 Å². The van der Waals surface area contributed by atoms with Crippen LogP contribution in [-0.2, 0) is 0 Å². The molecule has 0 saturated heterocycles. The van der Waals surface area contributed by atoms with Gasteiger partial charge in [0.05, 0.1) is 5.69 Å². The van der Waals surface area contributed by atoms with Crippen LogP contribution in [0.5, 0.6) is 0 Å². The van der Waals surface area contributed by atoms with Gasteiger partial charge in [0.1, 0.15) is 10.0 Å². The summed E-state index contributed by atoms with van der Waals surface area (Å²) in [5.41, 5.74) is 7.60. The normalized spacial score (nSPS) is 10.5. The zero-order valence-corrected chi connectivity index (χ0v) is 10.0. The summed E-state index contributed by atoms with van der Waals surface area (Å²) in [5, 5.41) is 9.69. The summed E-state index contributed by atoms with van der Waals surface area (Å²) in [4.78, 5) is 4.26. The van der Waals surface area contributed by atoms with Crippen LogP contribution >= 0.6 is 23.1 Å². The van der Waals surface area contributed by atoms with Crippen molar-refractivity contribution in [3.8, 4) is 0 Å². The van der Waals surface area contributed by atoms with Gasteiger partial charge in [-0.25, -0.2) is 4.98 Å². The van der Waals surface area contributed by atoms with Gasteiger partial charge in [-0.2, -0.15) is 0 Å². The van der Waals surface area contributed by atoms with E-state index in [1.807, 2.05) is 19.9 Å². The molecule has 0 unspecified atom stereocenters. The fourth-order valence-electron chi connectivity index (χ4n) is 1.07. The average Bonchev–Trinajstić information content (AvgIpc) is 2.56. The van der Waals surface area contributed by atoms with Crippen LogP contribution in [0.1, 0.15) is 10.6 Å². The minimum Gasteiger partial charge on any atom is -0.397 e. The van der Waals surface area contributed by atoms with Crippen molar-refractivity contribution in [2.45, 2.75) is 23.2 Å². The summed E-state index contributed by atoms with van der Waals surface area (Å²) in [6, 6.07) is 1.91. The molecule has 0 amide bonds. The lowest BCUT2D eigenvalue weighted by atomic mass is 10.3. The lowest BCUT2D eigenvalue weighted by Gasteiger charge is -2.01. The van der Waals surface area contributed by atoms with Gasteiger partial charge >= 0.3 is 0 Å². The number of hydrogen-bond acceptors (Lipinski definition) is 6. The Morgan fingerprint density at radius 1 is 1.33 bits per heavy atom. The second-order valence-corrected chi connectivity index (χ2v) is 5.51. The molecule has 0 aliphatic heterocycles. The number of hydrogen-bond donors (Lipinski definition) is 1. The van der Waals surface area contributed by atoms with Gasteiger partial charge in [0.2, 0.25) is 0 Å². The van der Waals surface area contributed by atoms with E-state index in [-0.39, 0.29) is 0 Å². The Bertz CT molecular complexity index is 481. The number of anilines is 1. The standard InChI is InChI=1S/C9H10N4S2/c1-5-3-7(10)8(11-4-5)15-9-13-12-6(2)14-9/h3-4H,10H2,1-2H3. The monoisotopic (exact) mass is 238 g/mol. The van der Waals surface area contributed by atoms with Gasteiger partial charge in [-0.1, -0.05) is 11.3 Å². The van der Waals surface area contributed by atoms with E-state index in [1.54, 1.807) is 17.5 Å². The van der Waals surface area contributed by atoms with Crippen LogP contribution in [-0.4, -0.2) is 15.2 Å².